The molecule has 0 unspecified atom stereocenters. The lowest BCUT2D eigenvalue weighted by molar-refractivity contribution is 0.102. The maximum absolute atomic E-state index is 12.6. The van der Waals surface area contributed by atoms with Crippen molar-refractivity contribution in [2.45, 2.75) is 13.2 Å². The van der Waals surface area contributed by atoms with Crippen LogP contribution in [0.1, 0.15) is 21.5 Å². The molecule has 32 heavy (non-hydrogen) atoms. The number of hydrogen-bond acceptors (Lipinski definition) is 5. The van der Waals surface area contributed by atoms with Crippen molar-refractivity contribution < 1.29 is 22.7 Å². The van der Waals surface area contributed by atoms with Gasteiger partial charge in [-0.2, -0.15) is 0 Å². The first-order valence-corrected chi connectivity index (χ1v) is 11.8. The Bertz CT molecular complexity index is 1180. The molecular weight excluding hydrogens is 428 g/mol. The third-order valence-corrected chi connectivity index (χ3v) is 5.92. The van der Waals surface area contributed by atoms with Crippen LogP contribution in [0.3, 0.4) is 0 Å². The van der Waals surface area contributed by atoms with Gasteiger partial charge in [-0.15, -0.1) is 0 Å². The van der Waals surface area contributed by atoms with Crippen molar-refractivity contribution in [3.63, 3.8) is 0 Å². The molecule has 7 nitrogen and oxygen atoms in total. The average molecular weight is 455 g/mol. The topological polar surface area (TPSA) is 84.9 Å². The molecule has 0 spiro atoms. The number of carbonyl (C=O) groups excluding carboxylic acids is 1. The fourth-order valence-electron chi connectivity index (χ4n) is 3.25. The van der Waals surface area contributed by atoms with E-state index in [9.17, 15) is 13.2 Å². The molecular formula is C24H26N2O5S. The van der Waals surface area contributed by atoms with E-state index in [1.807, 2.05) is 24.3 Å². The second-order valence-corrected chi connectivity index (χ2v) is 9.13. The monoisotopic (exact) mass is 454 g/mol. The third kappa shape index (κ3) is 5.87. The van der Waals surface area contributed by atoms with Gasteiger partial charge in [0.15, 0.2) is 0 Å². The van der Waals surface area contributed by atoms with Crippen LogP contribution in [0.5, 0.6) is 5.75 Å². The minimum Gasteiger partial charge on any atom is -0.495 e. The minimum absolute atomic E-state index is 0.111. The summed E-state index contributed by atoms with van der Waals surface area (Å²) in [4.78, 5) is 12.6. The molecule has 0 saturated carbocycles. The highest BCUT2D eigenvalue weighted by atomic mass is 32.2. The number of ether oxygens (including phenoxy) is 2. The Kier molecular flexibility index (Phi) is 7.50. The van der Waals surface area contributed by atoms with E-state index in [0.717, 1.165) is 17.4 Å². The highest BCUT2D eigenvalue weighted by Crippen LogP contribution is 2.30. The van der Waals surface area contributed by atoms with Crippen LogP contribution in [0.15, 0.2) is 72.8 Å². The molecule has 0 aliphatic carbocycles. The Morgan fingerprint density at radius 1 is 0.938 bits per heavy atom. The Morgan fingerprint density at radius 3 is 2.31 bits per heavy atom. The number of methoxy groups -OCH3 is 2. The number of amides is 1. The van der Waals surface area contributed by atoms with Gasteiger partial charge in [0.25, 0.3) is 5.91 Å². The molecule has 8 heteroatoms. The van der Waals surface area contributed by atoms with Crippen LogP contribution >= 0.6 is 0 Å². The Balaban J connectivity index is 1.76. The molecule has 168 valence electrons. The molecule has 0 bridgehead atoms. The van der Waals surface area contributed by atoms with Crippen molar-refractivity contribution in [3.8, 4) is 5.75 Å². The first kappa shape index (κ1) is 23.3. The summed E-state index contributed by atoms with van der Waals surface area (Å²) in [6.45, 7) is 0.571. The quantitative estimate of drug-likeness (QED) is 0.527. The number of hydrogen-bond donors (Lipinski definition) is 1. The lowest BCUT2D eigenvalue weighted by Gasteiger charge is -2.24. The summed E-state index contributed by atoms with van der Waals surface area (Å²) in [5.74, 6) is 0.209. The maximum Gasteiger partial charge on any atom is 0.255 e. The Morgan fingerprint density at radius 2 is 1.66 bits per heavy atom. The zero-order valence-electron chi connectivity index (χ0n) is 18.2. The van der Waals surface area contributed by atoms with E-state index in [1.54, 1.807) is 55.6 Å². The zero-order chi connectivity index (χ0) is 23.1. The van der Waals surface area contributed by atoms with Crippen molar-refractivity contribution in [3.05, 3.63) is 89.5 Å². The predicted molar refractivity (Wildman–Crippen MR) is 126 cm³/mol. The molecule has 0 aliphatic heterocycles. The summed E-state index contributed by atoms with van der Waals surface area (Å²) >= 11 is 0. The number of anilines is 2. The molecule has 0 heterocycles. The van der Waals surface area contributed by atoms with Gasteiger partial charge in [-0.3, -0.25) is 9.10 Å². The highest BCUT2D eigenvalue weighted by molar-refractivity contribution is 7.92. The molecule has 0 aromatic heterocycles. The summed E-state index contributed by atoms with van der Waals surface area (Å²) in [7, 11) is -0.447. The van der Waals surface area contributed by atoms with Crippen LogP contribution in [0.4, 0.5) is 11.4 Å². The molecule has 1 amide bonds. The molecule has 0 saturated heterocycles. The Labute approximate surface area is 188 Å². The summed E-state index contributed by atoms with van der Waals surface area (Å²) in [5.41, 5.74) is 3.29. The van der Waals surface area contributed by atoms with Crippen LogP contribution in [-0.2, 0) is 27.9 Å². The first-order valence-electron chi connectivity index (χ1n) is 9.90. The largest absolute Gasteiger partial charge is 0.495 e. The highest BCUT2D eigenvalue weighted by Gasteiger charge is 2.21. The van der Waals surface area contributed by atoms with Crippen molar-refractivity contribution in [2.75, 3.05) is 30.1 Å². The number of carbonyl (C=O) groups is 1. The van der Waals surface area contributed by atoms with Gasteiger partial charge in [-0.1, -0.05) is 36.4 Å². The number of rotatable bonds is 9. The van der Waals surface area contributed by atoms with Crippen molar-refractivity contribution in [1.82, 2.24) is 0 Å². The van der Waals surface area contributed by atoms with Gasteiger partial charge in [0.2, 0.25) is 10.0 Å². The normalized spacial score (nSPS) is 11.1. The van der Waals surface area contributed by atoms with E-state index in [2.05, 4.69) is 5.32 Å². The van der Waals surface area contributed by atoms with E-state index in [0.29, 0.717) is 29.3 Å². The van der Waals surface area contributed by atoms with E-state index < -0.39 is 10.0 Å². The van der Waals surface area contributed by atoms with Gasteiger partial charge < -0.3 is 14.8 Å². The van der Waals surface area contributed by atoms with E-state index in [1.165, 1.54) is 11.4 Å². The van der Waals surface area contributed by atoms with Gasteiger partial charge in [-0.25, -0.2) is 8.42 Å². The lowest BCUT2D eigenvalue weighted by atomic mass is 10.1. The zero-order valence-corrected chi connectivity index (χ0v) is 19.1. The third-order valence-electron chi connectivity index (χ3n) is 4.79. The fourth-order valence-corrected chi connectivity index (χ4v) is 4.14. The molecule has 0 atom stereocenters. The van der Waals surface area contributed by atoms with Gasteiger partial charge >= 0.3 is 0 Å². The van der Waals surface area contributed by atoms with Gasteiger partial charge in [0, 0.05) is 18.4 Å². The predicted octanol–water partition coefficient (Wildman–Crippen LogP) is 4.06. The van der Waals surface area contributed by atoms with Crippen LogP contribution in [0.25, 0.3) is 0 Å². The van der Waals surface area contributed by atoms with Crippen LogP contribution in [-0.4, -0.2) is 34.8 Å². The summed E-state index contributed by atoms with van der Waals surface area (Å²) < 4.78 is 36.6. The Hall–Kier alpha value is -3.36. The standard InChI is InChI=1S/C24H26N2O5S/c1-30-17-19-7-6-8-21(15-19)25-24(27)20-13-11-18(12-14-20)16-26(32(3,28)29)22-9-4-5-10-23(22)31-2/h4-15H,16-17H2,1-3H3,(H,25,27). The molecule has 3 aromatic rings. The summed E-state index contributed by atoms with van der Waals surface area (Å²) in [6.07, 6.45) is 1.15. The van der Waals surface area contributed by atoms with Gasteiger partial charge in [0.1, 0.15) is 5.75 Å². The summed E-state index contributed by atoms with van der Waals surface area (Å²) in [6, 6.07) is 21.2. The molecule has 3 aromatic carbocycles. The maximum atomic E-state index is 12.6. The summed E-state index contributed by atoms with van der Waals surface area (Å²) in [5, 5.41) is 2.87. The molecule has 3 rings (SSSR count). The van der Waals surface area contributed by atoms with E-state index in [-0.39, 0.29) is 12.5 Å². The smallest absolute Gasteiger partial charge is 0.255 e. The van der Waals surface area contributed by atoms with Gasteiger partial charge in [0.05, 0.1) is 32.2 Å². The number of nitrogens with one attached hydrogen (secondary N) is 1. The SMILES string of the molecule is COCc1cccc(NC(=O)c2ccc(CN(c3ccccc3OC)S(C)(=O)=O)cc2)c1. The average Bonchev–Trinajstić information content (AvgIpc) is 2.77. The number of benzene rings is 3. The second kappa shape index (κ2) is 10.3. The van der Waals surface area contributed by atoms with E-state index in [4.69, 9.17) is 9.47 Å². The second-order valence-electron chi connectivity index (χ2n) is 7.23. The van der Waals surface area contributed by atoms with Gasteiger partial charge in [-0.05, 0) is 47.5 Å². The van der Waals surface area contributed by atoms with Crippen molar-refractivity contribution >= 4 is 27.3 Å². The molecule has 0 fully saturated rings. The number of nitrogens with zero attached hydrogens (tertiary/aromatic N) is 1. The lowest BCUT2D eigenvalue weighted by Crippen LogP contribution is -2.29. The molecule has 0 radical (unpaired) electrons. The van der Waals surface area contributed by atoms with Crippen LogP contribution < -0.4 is 14.4 Å². The molecule has 1 N–H and O–H groups in total. The van der Waals surface area contributed by atoms with Crippen molar-refractivity contribution in [1.29, 1.82) is 0 Å². The number of para-hydroxylation sites is 2. The van der Waals surface area contributed by atoms with Crippen LogP contribution in [0.2, 0.25) is 0 Å². The molecule has 0 aliphatic rings. The minimum atomic E-state index is -3.56. The van der Waals surface area contributed by atoms with Crippen LogP contribution in [0, 0.1) is 0 Å². The van der Waals surface area contributed by atoms with Crippen molar-refractivity contribution in [2.24, 2.45) is 0 Å². The fraction of sp³-hybridized carbons (Fsp3) is 0.208. The number of sulfonamides is 1. The first-order chi connectivity index (χ1) is 15.3. The van der Waals surface area contributed by atoms with E-state index >= 15 is 0 Å².